The molecule has 1 rings (SSSR count). The first-order valence-corrected chi connectivity index (χ1v) is 6.91. The molecule has 0 aliphatic carbocycles. The van der Waals surface area contributed by atoms with Gasteiger partial charge >= 0.3 is 0 Å². The van der Waals surface area contributed by atoms with Gasteiger partial charge in [-0.1, -0.05) is 19.9 Å². The van der Waals surface area contributed by atoms with Gasteiger partial charge in [0.1, 0.15) is 5.76 Å². The normalized spacial score (nSPS) is 11.1. The number of hydrogen-bond donors (Lipinski definition) is 1. The van der Waals surface area contributed by atoms with Crippen LogP contribution in [-0.4, -0.2) is 24.5 Å². The minimum absolute atomic E-state index is 0.824. The maximum atomic E-state index is 5.55. The van der Waals surface area contributed by atoms with Crippen LogP contribution in [0.1, 0.15) is 38.0 Å². The predicted octanol–water partition coefficient (Wildman–Crippen LogP) is 3.18. The Morgan fingerprint density at radius 3 is 2.89 bits per heavy atom. The van der Waals surface area contributed by atoms with E-state index in [1.807, 2.05) is 6.08 Å². The van der Waals surface area contributed by atoms with Crippen LogP contribution in [0.25, 0.3) is 0 Å². The number of nitrogens with one attached hydrogen (secondary N) is 1. The summed E-state index contributed by atoms with van der Waals surface area (Å²) in [6, 6.07) is 2.08. The molecule has 0 amide bonds. The van der Waals surface area contributed by atoms with Gasteiger partial charge in [-0.05, 0) is 32.0 Å². The van der Waals surface area contributed by atoms with Crippen molar-refractivity contribution in [2.75, 3.05) is 19.6 Å². The fourth-order valence-corrected chi connectivity index (χ4v) is 2.02. The molecular formula is C15H26N2O. The monoisotopic (exact) mass is 250 g/mol. The van der Waals surface area contributed by atoms with Crippen LogP contribution in [0.5, 0.6) is 0 Å². The van der Waals surface area contributed by atoms with E-state index < -0.39 is 0 Å². The molecule has 0 unspecified atom stereocenters. The standard InChI is InChI=1S/C15H26N2O/c1-4-8-16-12-15-14(7-11-18-15)13-17(9-5-2)10-6-3/h5,7,11,16H,2,4,6,8-10,12-13H2,1,3H3. The predicted molar refractivity (Wildman–Crippen MR) is 76.5 cm³/mol. The molecule has 0 saturated heterocycles. The Balaban J connectivity index is 2.53. The minimum atomic E-state index is 0.824. The van der Waals surface area contributed by atoms with Crippen molar-refractivity contribution in [1.29, 1.82) is 0 Å². The molecule has 3 heteroatoms. The molecule has 0 spiro atoms. The van der Waals surface area contributed by atoms with Crippen molar-refractivity contribution in [3.63, 3.8) is 0 Å². The van der Waals surface area contributed by atoms with Crippen LogP contribution in [0, 0.1) is 0 Å². The average molecular weight is 250 g/mol. The van der Waals surface area contributed by atoms with Crippen LogP contribution in [0.15, 0.2) is 29.4 Å². The van der Waals surface area contributed by atoms with Gasteiger partial charge in [0.25, 0.3) is 0 Å². The summed E-state index contributed by atoms with van der Waals surface area (Å²) in [7, 11) is 0. The smallest absolute Gasteiger partial charge is 0.122 e. The van der Waals surface area contributed by atoms with Crippen LogP contribution in [0.3, 0.4) is 0 Å². The Labute approximate surface area is 111 Å². The third-order valence-electron chi connectivity index (χ3n) is 2.87. The lowest BCUT2D eigenvalue weighted by atomic mass is 10.2. The minimum Gasteiger partial charge on any atom is -0.468 e. The molecule has 0 fully saturated rings. The highest BCUT2D eigenvalue weighted by molar-refractivity contribution is 5.17. The summed E-state index contributed by atoms with van der Waals surface area (Å²) >= 11 is 0. The zero-order valence-corrected chi connectivity index (χ0v) is 11.7. The molecule has 18 heavy (non-hydrogen) atoms. The van der Waals surface area contributed by atoms with Crippen molar-refractivity contribution in [1.82, 2.24) is 10.2 Å². The van der Waals surface area contributed by atoms with E-state index in [1.54, 1.807) is 6.26 Å². The maximum absolute atomic E-state index is 5.55. The third-order valence-corrected chi connectivity index (χ3v) is 2.87. The third kappa shape index (κ3) is 5.07. The van der Waals surface area contributed by atoms with E-state index in [-0.39, 0.29) is 0 Å². The zero-order valence-electron chi connectivity index (χ0n) is 11.7. The highest BCUT2D eigenvalue weighted by Crippen LogP contribution is 2.13. The van der Waals surface area contributed by atoms with E-state index in [1.165, 1.54) is 5.56 Å². The zero-order chi connectivity index (χ0) is 13.2. The van der Waals surface area contributed by atoms with E-state index >= 15 is 0 Å². The molecule has 0 bridgehead atoms. The molecule has 1 N–H and O–H groups in total. The van der Waals surface area contributed by atoms with Gasteiger partial charge in [0, 0.05) is 18.7 Å². The molecule has 0 aliphatic heterocycles. The first-order valence-electron chi connectivity index (χ1n) is 6.91. The van der Waals surface area contributed by atoms with E-state index in [0.717, 1.165) is 51.3 Å². The number of nitrogens with zero attached hydrogens (tertiary/aromatic N) is 1. The van der Waals surface area contributed by atoms with Crippen LogP contribution in [0.4, 0.5) is 0 Å². The van der Waals surface area contributed by atoms with E-state index in [0.29, 0.717) is 0 Å². The number of hydrogen-bond acceptors (Lipinski definition) is 3. The van der Waals surface area contributed by atoms with Crippen molar-refractivity contribution in [2.24, 2.45) is 0 Å². The molecule has 102 valence electrons. The Hall–Kier alpha value is -1.06. The highest BCUT2D eigenvalue weighted by Gasteiger charge is 2.10. The van der Waals surface area contributed by atoms with Crippen LogP contribution >= 0.6 is 0 Å². The Morgan fingerprint density at radius 1 is 1.39 bits per heavy atom. The Morgan fingerprint density at radius 2 is 2.22 bits per heavy atom. The largest absolute Gasteiger partial charge is 0.468 e. The van der Waals surface area contributed by atoms with Gasteiger partial charge in [0.2, 0.25) is 0 Å². The second-order valence-electron chi connectivity index (χ2n) is 4.57. The molecule has 1 heterocycles. The Bertz CT molecular complexity index is 333. The summed E-state index contributed by atoms with van der Waals surface area (Å²) in [4.78, 5) is 2.39. The van der Waals surface area contributed by atoms with E-state index in [9.17, 15) is 0 Å². The fraction of sp³-hybridized carbons (Fsp3) is 0.600. The van der Waals surface area contributed by atoms with Crippen molar-refractivity contribution >= 4 is 0 Å². The van der Waals surface area contributed by atoms with Crippen LogP contribution in [-0.2, 0) is 13.1 Å². The first kappa shape index (κ1) is 15.0. The fourth-order valence-electron chi connectivity index (χ4n) is 2.02. The highest BCUT2D eigenvalue weighted by atomic mass is 16.3. The van der Waals surface area contributed by atoms with Gasteiger partial charge in [0.15, 0.2) is 0 Å². The van der Waals surface area contributed by atoms with Crippen molar-refractivity contribution in [3.8, 4) is 0 Å². The molecule has 0 aliphatic rings. The summed E-state index contributed by atoms with van der Waals surface area (Å²) in [5.74, 6) is 1.06. The lowest BCUT2D eigenvalue weighted by molar-refractivity contribution is 0.292. The number of furan rings is 1. The summed E-state index contributed by atoms with van der Waals surface area (Å²) in [6.07, 6.45) is 6.06. The summed E-state index contributed by atoms with van der Waals surface area (Å²) in [6.45, 7) is 13.0. The molecule has 0 radical (unpaired) electrons. The topological polar surface area (TPSA) is 28.4 Å². The summed E-state index contributed by atoms with van der Waals surface area (Å²) in [5.41, 5.74) is 1.29. The molecule has 0 saturated carbocycles. The molecule has 0 atom stereocenters. The second kappa shape index (κ2) is 8.95. The van der Waals surface area contributed by atoms with Gasteiger partial charge < -0.3 is 9.73 Å². The maximum Gasteiger partial charge on any atom is 0.122 e. The average Bonchev–Trinajstić information content (AvgIpc) is 2.78. The Kier molecular flexibility index (Phi) is 7.46. The summed E-state index contributed by atoms with van der Waals surface area (Å²) in [5, 5.41) is 3.38. The summed E-state index contributed by atoms with van der Waals surface area (Å²) < 4.78 is 5.55. The molecule has 1 aromatic heterocycles. The van der Waals surface area contributed by atoms with Gasteiger partial charge in [-0.25, -0.2) is 0 Å². The van der Waals surface area contributed by atoms with Crippen molar-refractivity contribution < 1.29 is 4.42 Å². The van der Waals surface area contributed by atoms with Crippen molar-refractivity contribution in [3.05, 3.63) is 36.3 Å². The van der Waals surface area contributed by atoms with Gasteiger partial charge in [0.05, 0.1) is 12.8 Å². The van der Waals surface area contributed by atoms with E-state index in [4.69, 9.17) is 4.42 Å². The molecule has 0 aromatic carbocycles. The first-order chi connectivity index (χ1) is 8.81. The molecular weight excluding hydrogens is 224 g/mol. The van der Waals surface area contributed by atoms with Crippen LogP contribution in [0.2, 0.25) is 0 Å². The lowest BCUT2D eigenvalue weighted by Gasteiger charge is -2.19. The van der Waals surface area contributed by atoms with Gasteiger partial charge in [-0.3, -0.25) is 4.90 Å². The van der Waals surface area contributed by atoms with Crippen LogP contribution < -0.4 is 5.32 Å². The van der Waals surface area contributed by atoms with E-state index in [2.05, 4.69) is 36.7 Å². The van der Waals surface area contributed by atoms with Gasteiger partial charge in [-0.2, -0.15) is 0 Å². The molecule has 3 nitrogen and oxygen atoms in total. The SMILES string of the molecule is C=CCN(CCC)Cc1ccoc1CNCCC. The van der Waals surface area contributed by atoms with Crippen molar-refractivity contribution in [2.45, 2.75) is 39.8 Å². The second-order valence-corrected chi connectivity index (χ2v) is 4.57. The van der Waals surface area contributed by atoms with Gasteiger partial charge in [-0.15, -0.1) is 6.58 Å². The quantitative estimate of drug-likeness (QED) is 0.511. The number of rotatable bonds is 10. The lowest BCUT2D eigenvalue weighted by Crippen LogP contribution is -2.25. The molecule has 1 aromatic rings.